The number of furan rings is 1. The number of rotatable bonds is 1. The van der Waals surface area contributed by atoms with E-state index in [0.29, 0.717) is 24.5 Å². The number of fused-ring (bicyclic) bond motifs is 1. The smallest absolute Gasteiger partial charge is 0.289 e. The molecule has 1 atom stereocenters. The Hall–Kier alpha value is -2.32. The summed E-state index contributed by atoms with van der Waals surface area (Å²) >= 11 is 0. The van der Waals surface area contributed by atoms with Gasteiger partial charge in [0.25, 0.3) is 5.91 Å². The first-order valence-corrected chi connectivity index (χ1v) is 6.48. The van der Waals surface area contributed by atoms with E-state index in [1.807, 2.05) is 31.2 Å². The Bertz CT molecular complexity index is 699. The maximum Gasteiger partial charge on any atom is 0.289 e. The Kier molecular flexibility index (Phi) is 3.17. The summed E-state index contributed by atoms with van der Waals surface area (Å²) in [6.07, 6.45) is -0.556. The van der Waals surface area contributed by atoms with Gasteiger partial charge in [-0.1, -0.05) is 11.6 Å². The van der Waals surface area contributed by atoms with Crippen LogP contribution in [0.4, 0.5) is 0 Å². The van der Waals surface area contributed by atoms with E-state index in [9.17, 15) is 4.79 Å². The van der Waals surface area contributed by atoms with Crippen molar-refractivity contribution in [3.05, 3.63) is 35.6 Å². The van der Waals surface area contributed by atoms with Gasteiger partial charge in [0.05, 0.1) is 19.2 Å². The van der Waals surface area contributed by atoms with E-state index in [4.69, 9.17) is 14.4 Å². The van der Waals surface area contributed by atoms with E-state index < -0.39 is 6.10 Å². The van der Waals surface area contributed by atoms with E-state index in [1.165, 1.54) is 0 Å². The Morgan fingerprint density at radius 1 is 1.45 bits per heavy atom. The highest BCUT2D eigenvalue weighted by Crippen LogP contribution is 2.22. The van der Waals surface area contributed by atoms with Gasteiger partial charge in [0, 0.05) is 11.9 Å². The van der Waals surface area contributed by atoms with Crippen LogP contribution in [-0.4, -0.2) is 36.6 Å². The lowest BCUT2D eigenvalue weighted by molar-refractivity contribution is 0.00221. The molecular formula is C15H14N2O3. The third-order valence-electron chi connectivity index (χ3n) is 3.38. The molecule has 0 N–H and O–H groups in total. The fourth-order valence-electron chi connectivity index (χ4n) is 2.34. The van der Waals surface area contributed by atoms with Crippen LogP contribution in [0.1, 0.15) is 16.1 Å². The number of ether oxygens (including phenoxy) is 1. The van der Waals surface area contributed by atoms with E-state index in [0.717, 1.165) is 10.9 Å². The molecule has 0 saturated carbocycles. The van der Waals surface area contributed by atoms with E-state index in [1.54, 1.807) is 11.0 Å². The average molecular weight is 270 g/mol. The van der Waals surface area contributed by atoms with Crippen molar-refractivity contribution in [3.63, 3.8) is 0 Å². The number of amides is 1. The number of hydrogen-bond donors (Lipinski definition) is 0. The second-order valence-electron chi connectivity index (χ2n) is 4.89. The Morgan fingerprint density at radius 2 is 2.30 bits per heavy atom. The van der Waals surface area contributed by atoms with E-state index >= 15 is 0 Å². The second-order valence-corrected chi connectivity index (χ2v) is 4.89. The van der Waals surface area contributed by atoms with Crippen LogP contribution < -0.4 is 0 Å². The van der Waals surface area contributed by atoms with Gasteiger partial charge in [0.1, 0.15) is 5.58 Å². The van der Waals surface area contributed by atoms with Crippen molar-refractivity contribution >= 4 is 16.9 Å². The van der Waals surface area contributed by atoms with E-state index in [-0.39, 0.29) is 12.5 Å². The molecule has 1 aliphatic heterocycles. The van der Waals surface area contributed by atoms with Gasteiger partial charge in [-0.25, -0.2) is 0 Å². The molecule has 1 fully saturated rings. The maximum absolute atomic E-state index is 12.4. The van der Waals surface area contributed by atoms with Crippen LogP contribution in [0.5, 0.6) is 0 Å². The van der Waals surface area contributed by atoms with Crippen molar-refractivity contribution in [1.29, 1.82) is 5.26 Å². The van der Waals surface area contributed by atoms with Crippen molar-refractivity contribution in [3.8, 4) is 6.07 Å². The van der Waals surface area contributed by atoms with Gasteiger partial charge < -0.3 is 14.1 Å². The minimum absolute atomic E-state index is 0.192. The molecule has 20 heavy (non-hydrogen) atoms. The lowest BCUT2D eigenvalue weighted by Crippen LogP contribution is -2.45. The molecule has 1 aromatic heterocycles. The predicted molar refractivity (Wildman–Crippen MR) is 72.2 cm³/mol. The number of aryl methyl sites for hydroxylation is 1. The maximum atomic E-state index is 12.4. The molecule has 0 aliphatic carbocycles. The van der Waals surface area contributed by atoms with Gasteiger partial charge in [-0.3, -0.25) is 4.79 Å². The van der Waals surface area contributed by atoms with Crippen molar-refractivity contribution < 1.29 is 13.9 Å². The minimum Gasteiger partial charge on any atom is -0.451 e. The summed E-state index contributed by atoms with van der Waals surface area (Å²) in [6.45, 7) is 3.13. The molecule has 2 heterocycles. The second kappa shape index (κ2) is 4.99. The van der Waals surface area contributed by atoms with Crippen LogP contribution >= 0.6 is 0 Å². The zero-order valence-corrected chi connectivity index (χ0v) is 11.1. The van der Waals surface area contributed by atoms with Crippen molar-refractivity contribution in [2.45, 2.75) is 13.0 Å². The summed E-state index contributed by atoms with van der Waals surface area (Å²) in [4.78, 5) is 14.0. The third-order valence-corrected chi connectivity index (χ3v) is 3.38. The molecule has 1 amide bonds. The fourth-order valence-corrected chi connectivity index (χ4v) is 2.34. The highest BCUT2D eigenvalue weighted by molar-refractivity contribution is 5.96. The fraction of sp³-hybridized carbons (Fsp3) is 0.333. The Morgan fingerprint density at radius 3 is 3.10 bits per heavy atom. The van der Waals surface area contributed by atoms with Crippen molar-refractivity contribution in [2.24, 2.45) is 0 Å². The van der Waals surface area contributed by atoms with Crippen LogP contribution in [0.15, 0.2) is 28.7 Å². The largest absolute Gasteiger partial charge is 0.451 e. The highest BCUT2D eigenvalue weighted by Gasteiger charge is 2.26. The van der Waals surface area contributed by atoms with Crippen LogP contribution in [0.3, 0.4) is 0 Å². The summed E-state index contributed by atoms with van der Waals surface area (Å²) in [5, 5.41) is 9.78. The third kappa shape index (κ3) is 2.26. The summed E-state index contributed by atoms with van der Waals surface area (Å²) in [5.74, 6) is 0.117. The number of benzene rings is 1. The molecule has 1 unspecified atom stereocenters. The zero-order valence-electron chi connectivity index (χ0n) is 11.1. The highest BCUT2D eigenvalue weighted by atomic mass is 16.5. The van der Waals surface area contributed by atoms with Crippen LogP contribution in [0.2, 0.25) is 0 Å². The number of hydrogen-bond acceptors (Lipinski definition) is 4. The normalized spacial score (nSPS) is 19.0. The first kappa shape index (κ1) is 12.7. The lowest BCUT2D eigenvalue weighted by atomic mass is 10.2. The Labute approximate surface area is 116 Å². The molecule has 0 radical (unpaired) electrons. The molecule has 0 bridgehead atoms. The molecule has 1 saturated heterocycles. The van der Waals surface area contributed by atoms with Gasteiger partial charge in [0.2, 0.25) is 0 Å². The summed E-state index contributed by atoms with van der Waals surface area (Å²) in [6, 6.07) is 9.56. The van der Waals surface area contributed by atoms with Gasteiger partial charge >= 0.3 is 0 Å². The molecule has 102 valence electrons. The topological polar surface area (TPSA) is 66.5 Å². The quantitative estimate of drug-likeness (QED) is 0.796. The van der Waals surface area contributed by atoms with Gasteiger partial charge in [-0.2, -0.15) is 5.26 Å². The number of morpholine rings is 1. The van der Waals surface area contributed by atoms with Crippen LogP contribution in [-0.2, 0) is 4.74 Å². The SMILES string of the molecule is Cc1ccc2oc(C(=O)N3CCOC(C#N)C3)cc2c1. The van der Waals surface area contributed by atoms with Crippen LogP contribution in [0.25, 0.3) is 11.0 Å². The number of nitrogens with zero attached hydrogens (tertiary/aromatic N) is 2. The predicted octanol–water partition coefficient (Wildman–Crippen LogP) is 2.11. The van der Waals surface area contributed by atoms with Crippen molar-refractivity contribution in [1.82, 2.24) is 4.90 Å². The lowest BCUT2D eigenvalue weighted by Gasteiger charge is -2.28. The van der Waals surface area contributed by atoms with Crippen molar-refractivity contribution in [2.75, 3.05) is 19.7 Å². The molecule has 3 rings (SSSR count). The van der Waals surface area contributed by atoms with Crippen LogP contribution in [0, 0.1) is 18.3 Å². The number of carbonyl (C=O) groups excluding carboxylic acids is 1. The van der Waals surface area contributed by atoms with Gasteiger partial charge in [0.15, 0.2) is 11.9 Å². The molecule has 0 spiro atoms. The molecule has 1 aliphatic rings. The summed E-state index contributed by atoms with van der Waals surface area (Å²) < 4.78 is 10.8. The minimum atomic E-state index is -0.556. The average Bonchev–Trinajstić information content (AvgIpc) is 2.89. The molecule has 5 heteroatoms. The molecule has 5 nitrogen and oxygen atoms in total. The van der Waals surface area contributed by atoms with E-state index in [2.05, 4.69) is 0 Å². The monoisotopic (exact) mass is 270 g/mol. The first-order valence-electron chi connectivity index (χ1n) is 6.48. The van der Waals surface area contributed by atoms with Gasteiger partial charge in [-0.15, -0.1) is 0 Å². The molecule has 2 aromatic rings. The summed E-state index contributed by atoms with van der Waals surface area (Å²) in [7, 11) is 0. The first-order chi connectivity index (χ1) is 9.67. The zero-order chi connectivity index (χ0) is 14.1. The number of carbonyl (C=O) groups is 1. The molecule has 1 aromatic carbocycles. The standard InChI is InChI=1S/C15H14N2O3/c1-10-2-3-13-11(6-10)7-14(20-13)15(18)17-4-5-19-12(8-16)9-17/h2-3,6-7,12H,4-5,9H2,1H3. The molecular weight excluding hydrogens is 256 g/mol. The van der Waals surface area contributed by atoms with Gasteiger partial charge in [-0.05, 0) is 25.1 Å². The Balaban J connectivity index is 1.87. The summed E-state index contributed by atoms with van der Waals surface area (Å²) in [5.41, 5.74) is 1.82. The number of nitriles is 1.